The molecule has 0 saturated heterocycles. The molecule has 0 fully saturated rings. The third-order valence-electron chi connectivity index (χ3n) is 3.77. The number of ether oxygens (including phenoxy) is 1. The Bertz CT molecular complexity index is 773. The fraction of sp³-hybridized carbons (Fsp3) is 0.389. The molecule has 7 nitrogen and oxygen atoms in total. The van der Waals surface area contributed by atoms with E-state index in [4.69, 9.17) is 9.84 Å². The summed E-state index contributed by atoms with van der Waals surface area (Å²) in [6, 6.07) is 6.68. The van der Waals surface area contributed by atoms with Crippen LogP contribution in [-0.4, -0.2) is 40.4 Å². The number of anilines is 1. The Morgan fingerprint density at radius 3 is 2.32 bits per heavy atom. The van der Waals surface area contributed by atoms with Crippen LogP contribution in [-0.2, 0) is 10.3 Å². The number of hydrogen-bond donors (Lipinski definition) is 1. The van der Waals surface area contributed by atoms with Crippen LogP contribution in [0.3, 0.4) is 0 Å². The number of amides is 1. The Balaban J connectivity index is 2.17. The van der Waals surface area contributed by atoms with Gasteiger partial charge in [0, 0.05) is 18.4 Å². The zero-order valence-electron chi connectivity index (χ0n) is 15.1. The highest BCUT2D eigenvalue weighted by Crippen LogP contribution is 2.23. The maximum Gasteiger partial charge on any atom is 0.341 e. The first-order valence-electron chi connectivity index (χ1n) is 7.89. The zero-order valence-corrected chi connectivity index (χ0v) is 15.1. The third kappa shape index (κ3) is 4.17. The number of carbonyl (C=O) groups excluding carboxylic acids is 1. The monoisotopic (exact) mass is 345 g/mol. The number of benzene rings is 1. The second-order valence-corrected chi connectivity index (χ2v) is 6.77. The Labute approximate surface area is 146 Å². The van der Waals surface area contributed by atoms with Gasteiger partial charge in [0.1, 0.15) is 5.75 Å². The number of carbonyl (C=O) groups is 2. The topological polar surface area (TPSA) is 84.7 Å². The quantitative estimate of drug-likeness (QED) is 0.900. The fourth-order valence-corrected chi connectivity index (χ4v) is 2.50. The molecule has 0 saturated carbocycles. The maximum atomic E-state index is 12.8. The molecule has 25 heavy (non-hydrogen) atoms. The standard InChI is InChI=1S/C18H23N3O4/c1-12-15(10-19-21(12)18(2,3)4)17(24)20(5)13-6-8-14(9-7-13)25-11-16(22)23/h6-10H,11H2,1-5H3,(H,22,23). The van der Waals surface area contributed by atoms with E-state index in [0.29, 0.717) is 17.0 Å². The molecular formula is C18H23N3O4. The van der Waals surface area contributed by atoms with E-state index in [0.717, 1.165) is 5.69 Å². The zero-order chi connectivity index (χ0) is 18.8. The molecule has 0 atom stereocenters. The van der Waals surface area contributed by atoms with Crippen LogP contribution in [0.4, 0.5) is 5.69 Å². The van der Waals surface area contributed by atoms with Gasteiger partial charge in [-0.1, -0.05) is 0 Å². The molecule has 2 rings (SSSR count). The lowest BCUT2D eigenvalue weighted by Gasteiger charge is -2.22. The van der Waals surface area contributed by atoms with E-state index in [2.05, 4.69) is 5.10 Å². The predicted octanol–water partition coefficient (Wildman–Crippen LogP) is 2.69. The highest BCUT2D eigenvalue weighted by Gasteiger charge is 2.23. The molecular weight excluding hydrogens is 322 g/mol. The number of hydrogen-bond acceptors (Lipinski definition) is 4. The van der Waals surface area contributed by atoms with E-state index < -0.39 is 12.6 Å². The van der Waals surface area contributed by atoms with Crippen molar-refractivity contribution >= 4 is 17.6 Å². The van der Waals surface area contributed by atoms with Crippen molar-refractivity contribution in [2.45, 2.75) is 33.2 Å². The van der Waals surface area contributed by atoms with Crippen molar-refractivity contribution < 1.29 is 19.4 Å². The summed E-state index contributed by atoms with van der Waals surface area (Å²) >= 11 is 0. The first-order chi connectivity index (χ1) is 11.6. The average Bonchev–Trinajstić information content (AvgIpc) is 2.93. The van der Waals surface area contributed by atoms with Crippen molar-refractivity contribution in [3.63, 3.8) is 0 Å². The van der Waals surface area contributed by atoms with Crippen molar-refractivity contribution in [3.05, 3.63) is 41.7 Å². The highest BCUT2D eigenvalue weighted by atomic mass is 16.5. The summed E-state index contributed by atoms with van der Waals surface area (Å²) in [4.78, 5) is 24.8. The van der Waals surface area contributed by atoms with Gasteiger partial charge in [-0.15, -0.1) is 0 Å². The number of aromatic nitrogens is 2. The Morgan fingerprint density at radius 1 is 1.24 bits per heavy atom. The number of carboxylic acids is 1. The van der Waals surface area contributed by atoms with E-state index in [1.54, 1.807) is 37.5 Å². The van der Waals surface area contributed by atoms with Crippen molar-refractivity contribution in [1.29, 1.82) is 0 Å². The molecule has 1 N–H and O–H groups in total. The number of aliphatic carboxylic acids is 1. The molecule has 7 heteroatoms. The van der Waals surface area contributed by atoms with Gasteiger partial charge in [-0.05, 0) is 52.0 Å². The third-order valence-corrected chi connectivity index (χ3v) is 3.77. The summed E-state index contributed by atoms with van der Waals surface area (Å²) in [5, 5.41) is 12.9. The van der Waals surface area contributed by atoms with Gasteiger partial charge in [-0.3, -0.25) is 9.48 Å². The largest absolute Gasteiger partial charge is 0.482 e. The Morgan fingerprint density at radius 2 is 1.84 bits per heavy atom. The Hall–Kier alpha value is -2.83. The van der Waals surface area contributed by atoms with Crippen LogP contribution in [0.1, 0.15) is 36.8 Å². The molecule has 0 aliphatic heterocycles. The summed E-state index contributed by atoms with van der Waals surface area (Å²) in [6.45, 7) is 7.56. The van der Waals surface area contributed by atoms with Gasteiger partial charge < -0.3 is 14.7 Å². The van der Waals surface area contributed by atoms with E-state index in [1.807, 2.05) is 32.4 Å². The second-order valence-electron chi connectivity index (χ2n) is 6.77. The molecule has 0 bridgehead atoms. The van der Waals surface area contributed by atoms with Crippen molar-refractivity contribution in [2.75, 3.05) is 18.6 Å². The first kappa shape index (κ1) is 18.5. The molecule has 2 aromatic rings. The molecule has 134 valence electrons. The second kappa shape index (κ2) is 6.96. The molecule has 1 amide bonds. The minimum absolute atomic E-state index is 0.160. The van der Waals surface area contributed by atoms with Crippen molar-refractivity contribution in [2.24, 2.45) is 0 Å². The van der Waals surface area contributed by atoms with Gasteiger partial charge in [-0.2, -0.15) is 5.10 Å². The van der Waals surface area contributed by atoms with Gasteiger partial charge in [0.25, 0.3) is 5.91 Å². The van der Waals surface area contributed by atoms with Gasteiger partial charge in [0.2, 0.25) is 0 Å². The minimum atomic E-state index is -1.04. The van der Waals surface area contributed by atoms with E-state index >= 15 is 0 Å². The number of rotatable bonds is 5. The van der Waals surface area contributed by atoms with Crippen LogP contribution in [0.2, 0.25) is 0 Å². The molecule has 0 aliphatic carbocycles. The fourth-order valence-electron chi connectivity index (χ4n) is 2.50. The van der Waals surface area contributed by atoms with Gasteiger partial charge >= 0.3 is 5.97 Å². The smallest absolute Gasteiger partial charge is 0.341 e. The SMILES string of the molecule is Cc1c(C(=O)N(C)c2ccc(OCC(=O)O)cc2)cnn1C(C)(C)C. The Kier molecular flexibility index (Phi) is 5.15. The van der Waals surface area contributed by atoms with Gasteiger partial charge in [0.05, 0.1) is 17.3 Å². The summed E-state index contributed by atoms with van der Waals surface area (Å²) in [7, 11) is 1.68. The lowest BCUT2D eigenvalue weighted by atomic mass is 10.1. The maximum absolute atomic E-state index is 12.8. The summed E-state index contributed by atoms with van der Waals surface area (Å²) in [5.74, 6) is -0.765. The van der Waals surface area contributed by atoms with Crippen molar-refractivity contribution in [3.8, 4) is 5.75 Å². The van der Waals surface area contributed by atoms with E-state index in [-0.39, 0.29) is 11.4 Å². The summed E-state index contributed by atoms with van der Waals surface area (Å²) in [6.07, 6.45) is 1.59. The lowest BCUT2D eigenvalue weighted by molar-refractivity contribution is -0.139. The molecule has 0 spiro atoms. The average molecular weight is 345 g/mol. The highest BCUT2D eigenvalue weighted by molar-refractivity contribution is 6.06. The van der Waals surface area contributed by atoms with Crippen LogP contribution < -0.4 is 9.64 Å². The number of nitrogens with zero attached hydrogens (tertiary/aromatic N) is 3. The predicted molar refractivity (Wildman–Crippen MR) is 94.3 cm³/mol. The van der Waals surface area contributed by atoms with E-state index in [9.17, 15) is 9.59 Å². The summed E-state index contributed by atoms with van der Waals surface area (Å²) in [5.41, 5.74) is 1.83. The van der Waals surface area contributed by atoms with Crippen LogP contribution >= 0.6 is 0 Å². The van der Waals surface area contributed by atoms with E-state index in [1.165, 1.54) is 4.90 Å². The minimum Gasteiger partial charge on any atom is -0.482 e. The van der Waals surface area contributed by atoms with Gasteiger partial charge in [0.15, 0.2) is 6.61 Å². The van der Waals surface area contributed by atoms with Crippen LogP contribution in [0.5, 0.6) is 5.75 Å². The summed E-state index contributed by atoms with van der Waals surface area (Å²) < 4.78 is 6.92. The lowest BCUT2D eigenvalue weighted by Crippen LogP contribution is -2.28. The van der Waals surface area contributed by atoms with Gasteiger partial charge in [-0.25, -0.2) is 4.79 Å². The molecule has 0 unspecified atom stereocenters. The molecule has 1 heterocycles. The molecule has 0 radical (unpaired) electrons. The van der Waals surface area contributed by atoms with Crippen LogP contribution in [0.25, 0.3) is 0 Å². The van der Waals surface area contributed by atoms with Crippen LogP contribution in [0.15, 0.2) is 30.5 Å². The number of carboxylic acid groups (broad SMARTS) is 1. The molecule has 1 aromatic heterocycles. The normalized spacial score (nSPS) is 11.2. The first-order valence-corrected chi connectivity index (χ1v) is 7.89. The molecule has 0 aliphatic rings. The van der Waals surface area contributed by atoms with Crippen LogP contribution in [0, 0.1) is 6.92 Å². The van der Waals surface area contributed by atoms with Crippen molar-refractivity contribution in [1.82, 2.24) is 9.78 Å². The molecule has 1 aromatic carbocycles.